The topological polar surface area (TPSA) is 62.1 Å². The fourth-order valence-electron chi connectivity index (χ4n) is 6.66. The van der Waals surface area contributed by atoms with Crippen LogP contribution >= 0.6 is 0 Å². The molecule has 0 spiro atoms. The first-order chi connectivity index (χ1) is 15.1. The maximum atomic E-state index is 14.3. The zero-order valence-electron chi connectivity index (χ0n) is 16.9. The molecule has 3 aromatic rings. The van der Waals surface area contributed by atoms with Gasteiger partial charge in [-0.15, -0.1) is 0 Å². The van der Waals surface area contributed by atoms with Gasteiger partial charge in [-0.2, -0.15) is 10.2 Å². The molecule has 3 aliphatic carbocycles. The summed E-state index contributed by atoms with van der Waals surface area (Å²) in [4.78, 5) is 29.9. The maximum absolute atomic E-state index is 14.3. The molecular formula is C26H19N3O2. The lowest BCUT2D eigenvalue weighted by Gasteiger charge is -2.54. The van der Waals surface area contributed by atoms with E-state index in [9.17, 15) is 9.59 Å². The zero-order chi connectivity index (χ0) is 21.0. The Morgan fingerprint density at radius 2 is 1.42 bits per heavy atom. The Balaban J connectivity index is 1.58. The number of imide groups is 1. The second-order valence-electron chi connectivity index (χ2n) is 9.05. The summed E-state index contributed by atoms with van der Waals surface area (Å²) in [6.07, 6.45) is 0. The molecule has 150 valence electrons. The molecule has 2 amide bonds. The highest BCUT2D eigenvalue weighted by Gasteiger charge is 2.82. The fourth-order valence-corrected chi connectivity index (χ4v) is 6.66. The number of amides is 2. The third-order valence-corrected chi connectivity index (χ3v) is 7.75. The number of rotatable bonds is 1. The lowest BCUT2D eigenvalue weighted by molar-refractivity contribution is -0.129. The molecule has 5 nitrogen and oxygen atoms in total. The first kappa shape index (κ1) is 17.1. The van der Waals surface area contributed by atoms with Gasteiger partial charge in [-0.25, -0.2) is 4.90 Å². The number of carbonyl (C=O) groups excluding carboxylic acids is 2. The van der Waals surface area contributed by atoms with Gasteiger partial charge in [-0.05, 0) is 46.9 Å². The molecule has 0 saturated carbocycles. The second kappa shape index (κ2) is 5.35. The van der Waals surface area contributed by atoms with Crippen molar-refractivity contribution in [1.29, 1.82) is 0 Å². The Kier molecular flexibility index (Phi) is 2.96. The molecule has 1 saturated heterocycles. The number of anilines is 1. The van der Waals surface area contributed by atoms with Crippen molar-refractivity contribution in [3.63, 3.8) is 0 Å². The molecule has 5 aliphatic rings. The Morgan fingerprint density at radius 3 is 2.03 bits per heavy atom. The average molecular weight is 405 g/mol. The van der Waals surface area contributed by atoms with Crippen LogP contribution in [0, 0.1) is 12.3 Å². The summed E-state index contributed by atoms with van der Waals surface area (Å²) >= 11 is 0. The Labute approximate surface area is 179 Å². The van der Waals surface area contributed by atoms with Crippen LogP contribution in [0.5, 0.6) is 0 Å². The van der Waals surface area contributed by atoms with Gasteiger partial charge < -0.3 is 0 Å². The molecule has 0 radical (unpaired) electrons. The average Bonchev–Trinajstić information content (AvgIpc) is 3.29. The minimum Gasteiger partial charge on any atom is -0.273 e. The second-order valence-corrected chi connectivity index (χ2v) is 9.05. The summed E-state index contributed by atoms with van der Waals surface area (Å²) in [7, 11) is 0. The van der Waals surface area contributed by atoms with E-state index in [4.69, 9.17) is 0 Å². The first-order valence-corrected chi connectivity index (χ1v) is 10.6. The summed E-state index contributed by atoms with van der Waals surface area (Å²) in [5.41, 5.74) is 3.83. The number of hydrogen-bond donors (Lipinski definition) is 0. The lowest BCUT2D eigenvalue weighted by Crippen LogP contribution is -2.61. The van der Waals surface area contributed by atoms with Crippen LogP contribution in [-0.4, -0.2) is 23.9 Å². The Morgan fingerprint density at radius 1 is 0.806 bits per heavy atom. The summed E-state index contributed by atoms with van der Waals surface area (Å²) in [5.74, 6) is -0.982. The highest BCUT2D eigenvalue weighted by Crippen LogP contribution is 2.72. The van der Waals surface area contributed by atoms with Crippen molar-refractivity contribution in [3.05, 3.63) is 101 Å². The molecule has 0 aromatic heterocycles. The molecule has 8 rings (SSSR count). The molecular weight excluding hydrogens is 386 g/mol. The lowest BCUT2D eigenvalue weighted by atomic mass is 9.45. The van der Waals surface area contributed by atoms with Gasteiger partial charge in [0.25, 0.3) is 5.91 Å². The Hall–Kier alpha value is -3.60. The van der Waals surface area contributed by atoms with Crippen molar-refractivity contribution in [3.8, 4) is 0 Å². The summed E-state index contributed by atoms with van der Waals surface area (Å²) in [6, 6.07) is 24.0. The molecule has 2 unspecified atom stereocenters. The summed E-state index contributed by atoms with van der Waals surface area (Å²) in [6.45, 7) is 2.21. The van der Waals surface area contributed by atoms with Crippen LogP contribution in [0.25, 0.3) is 0 Å². The fraction of sp³-hybridized carbons (Fsp3) is 0.231. The minimum atomic E-state index is -1.22. The van der Waals surface area contributed by atoms with Crippen LogP contribution < -0.4 is 4.90 Å². The molecule has 0 N–H and O–H groups in total. The van der Waals surface area contributed by atoms with E-state index >= 15 is 0 Å². The molecule has 2 bridgehead atoms. The van der Waals surface area contributed by atoms with Crippen molar-refractivity contribution in [2.75, 3.05) is 11.4 Å². The molecule has 3 aromatic carbocycles. The largest absolute Gasteiger partial charge is 0.273 e. The van der Waals surface area contributed by atoms with Gasteiger partial charge in [0, 0.05) is 11.8 Å². The van der Waals surface area contributed by atoms with E-state index in [2.05, 4.69) is 34.5 Å². The number of benzene rings is 3. The molecule has 1 fully saturated rings. The van der Waals surface area contributed by atoms with Gasteiger partial charge in [0.2, 0.25) is 5.91 Å². The van der Waals surface area contributed by atoms with Crippen LogP contribution in [-0.2, 0) is 9.59 Å². The van der Waals surface area contributed by atoms with Crippen molar-refractivity contribution in [2.24, 2.45) is 15.6 Å². The summed E-state index contributed by atoms with van der Waals surface area (Å²) < 4.78 is 0. The van der Waals surface area contributed by atoms with Gasteiger partial charge in [0.1, 0.15) is 5.41 Å². The van der Waals surface area contributed by atoms with Gasteiger partial charge >= 0.3 is 0 Å². The number of nitrogens with zero attached hydrogens (tertiary/aromatic N) is 3. The quantitative estimate of drug-likeness (QED) is 0.565. The van der Waals surface area contributed by atoms with E-state index in [-0.39, 0.29) is 30.2 Å². The predicted octanol–water partition coefficient (Wildman–Crippen LogP) is 4.35. The number of carbonyl (C=O) groups is 2. The van der Waals surface area contributed by atoms with Crippen LogP contribution in [0.15, 0.2) is 83.0 Å². The monoisotopic (exact) mass is 405 g/mol. The highest BCUT2D eigenvalue weighted by molar-refractivity contribution is 6.29. The standard InChI is InChI=1S/C26H19N3O2/c1-15-7-6-8-16(13-15)29-23(30)25-14-27-28-26(25,24(29)31)22-19-11-4-2-9-17(19)21(25)18-10-3-5-12-20(18)22/h2-13,21-22H,14H2,1H3. The number of azo groups is 1. The van der Waals surface area contributed by atoms with Crippen molar-refractivity contribution < 1.29 is 9.59 Å². The third kappa shape index (κ3) is 1.66. The van der Waals surface area contributed by atoms with E-state index < -0.39 is 11.0 Å². The van der Waals surface area contributed by atoms with Gasteiger partial charge in [-0.3, -0.25) is 9.59 Å². The first-order valence-electron chi connectivity index (χ1n) is 10.6. The molecule has 2 aliphatic heterocycles. The number of hydrogen-bond acceptors (Lipinski definition) is 4. The molecule has 2 heterocycles. The zero-order valence-corrected chi connectivity index (χ0v) is 16.9. The predicted molar refractivity (Wildman–Crippen MR) is 115 cm³/mol. The molecule has 5 heteroatoms. The highest BCUT2D eigenvalue weighted by atomic mass is 16.2. The van der Waals surface area contributed by atoms with Crippen molar-refractivity contribution in [1.82, 2.24) is 0 Å². The van der Waals surface area contributed by atoms with Crippen LogP contribution in [0.2, 0.25) is 0 Å². The van der Waals surface area contributed by atoms with E-state index in [1.807, 2.05) is 55.5 Å². The van der Waals surface area contributed by atoms with E-state index in [1.54, 1.807) is 0 Å². The third-order valence-electron chi connectivity index (χ3n) is 7.75. The number of aryl methyl sites for hydroxylation is 1. The van der Waals surface area contributed by atoms with E-state index in [0.717, 1.165) is 27.8 Å². The van der Waals surface area contributed by atoms with Crippen LogP contribution in [0.4, 0.5) is 5.69 Å². The SMILES string of the molecule is Cc1cccc(N2C(=O)C34CN=NC3(C2=O)C2c3ccccc3C4c3ccccc32)c1. The van der Waals surface area contributed by atoms with Gasteiger partial charge in [-0.1, -0.05) is 60.7 Å². The molecule has 31 heavy (non-hydrogen) atoms. The van der Waals surface area contributed by atoms with Crippen molar-refractivity contribution in [2.45, 2.75) is 24.3 Å². The van der Waals surface area contributed by atoms with Crippen LogP contribution in [0.3, 0.4) is 0 Å². The normalized spacial score (nSPS) is 31.5. The Bertz CT molecular complexity index is 1310. The van der Waals surface area contributed by atoms with E-state index in [1.165, 1.54) is 4.90 Å². The van der Waals surface area contributed by atoms with Gasteiger partial charge in [0.15, 0.2) is 5.54 Å². The maximum Gasteiger partial charge on any atom is 0.265 e. The van der Waals surface area contributed by atoms with Gasteiger partial charge in [0.05, 0.1) is 12.2 Å². The minimum absolute atomic E-state index is 0.174. The smallest absolute Gasteiger partial charge is 0.265 e. The summed E-state index contributed by atoms with van der Waals surface area (Å²) in [5, 5.41) is 9.07. The van der Waals surface area contributed by atoms with Crippen molar-refractivity contribution >= 4 is 17.5 Å². The van der Waals surface area contributed by atoms with Crippen LogP contribution in [0.1, 0.15) is 39.7 Å². The van der Waals surface area contributed by atoms with E-state index in [0.29, 0.717) is 5.69 Å². The molecule has 2 atom stereocenters.